The monoisotopic (exact) mass is 273 g/mol. The fourth-order valence-electron chi connectivity index (χ4n) is 3.76. The molecule has 1 unspecified atom stereocenters. The van der Waals surface area contributed by atoms with E-state index in [0.717, 1.165) is 12.5 Å². The van der Waals surface area contributed by atoms with Gasteiger partial charge in [-0.05, 0) is 48.3 Å². The first-order valence-electron chi connectivity index (χ1n) is 8.37. The van der Waals surface area contributed by atoms with Gasteiger partial charge in [-0.3, -0.25) is 0 Å². The largest absolute Gasteiger partial charge is 0.310 e. The molecule has 1 saturated carbocycles. The first-order valence-corrected chi connectivity index (χ1v) is 8.37. The summed E-state index contributed by atoms with van der Waals surface area (Å²) in [5, 5.41) is 3.74. The third-order valence-corrected chi connectivity index (χ3v) is 4.81. The molecule has 1 N–H and O–H groups in total. The lowest BCUT2D eigenvalue weighted by Gasteiger charge is -2.35. The maximum atomic E-state index is 3.74. The van der Waals surface area contributed by atoms with Gasteiger partial charge in [0.2, 0.25) is 0 Å². The van der Waals surface area contributed by atoms with Crippen molar-refractivity contribution >= 4 is 0 Å². The summed E-state index contributed by atoms with van der Waals surface area (Å²) in [4.78, 5) is 0. The Morgan fingerprint density at radius 1 is 1.10 bits per heavy atom. The maximum Gasteiger partial charge on any atom is 0.0374 e. The minimum absolute atomic E-state index is 0.440. The summed E-state index contributed by atoms with van der Waals surface area (Å²) in [6.45, 7) is 10.3. The van der Waals surface area contributed by atoms with Crippen LogP contribution in [0.25, 0.3) is 0 Å². The second-order valence-corrected chi connectivity index (χ2v) is 7.19. The van der Waals surface area contributed by atoms with Gasteiger partial charge in [-0.1, -0.05) is 64.8 Å². The van der Waals surface area contributed by atoms with E-state index in [-0.39, 0.29) is 0 Å². The quantitative estimate of drug-likeness (QED) is 0.759. The van der Waals surface area contributed by atoms with Gasteiger partial charge in [0.25, 0.3) is 0 Å². The number of hydrogen-bond donors (Lipinski definition) is 1. The van der Waals surface area contributed by atoms with Crippen LogP contribution < -0.4 is 5.32 Å². The highest BCUT2D eigenvalue weighted by Crippen LogP contribution is 2.47. The number of benzene rings is 1. The second-order valence-electron chi connectivity index (χ2n) is 7.19. The van der Waals surface area contributed by atoms with E-state index < -0.39 is 0 Å². The Kier molecular flexibility index (Phi) is 5.26. The molecule has 1 fully saturated rings. The van der Waals surface area contributed by atoms with E-state index in [0.29, 0.717) is 11.5 Å². The van der Waals surface area contributed by atoms with Crippen LogP contribution in [0.2, 0.25) is 0 Å². The van der Waals surface area contributed by atoms with Crippen molar-refractivity contribution in [2.45, 2.75) is 65.8 Å². The van der Waals surface area contributed by atoms with Crippen molar-refractivity contribution in [2.24, 2.45) is 11.3 Å². The van der Waals surface area contributed by atoms with Crippen LogP contribution in [0.15, 0.2) is 24.3 Å². The van der Waals surface area contributed by atoms with Crippen LogP contribution in [0.3, 0.4) is 0 Å². The predicted octanol–water partition coefficient (Wildman–Crippen LogP) is 5.12. The molecular formula is C19H31N. The molecule has 0 heterocycles. The Hall–Kier alpha value is -0.820. The van der Waals surface area contributed by atoms with Gasteiger partial charge in [0.05, 0.1) is 0 Å². The minimum atomic E-state index is 0.440. The SMILES string of the molecule is CCNC(c1ccc(CC(C)C)cc1)C1(C)CCCC1. The average molecular weight is 273 g/mol. The Balaban J connectivity index is 2.16. The summed E-state index contributed by atoms with van der Waals surface area (Å²) in [5.41, 5.74) is 3.38. The third kappa shape index (κ3) is 3.63. The van der Waals surface area contributed by atoms with Crippen LogP contribution in [-0.2, 0) is 6.42 Å². The van der Waals surface area contributed by atoms with Crippen molar-refractivity contribution in [3.05, 3.63) is 35.4 Å². The molecular weight excluding hydrogens is 242 g/mol. The van der Waals surface area contributed by atoms with Crippen LogP contribution in [0.1, 0.15) is 70.5 Å². The number of hydrogen-bond acceptors (Lipinski definition) is 1. The summed E-state index contributed by atoms with van der Waals surface area (Å²) in [6.07, 6.45) is 6.69. The van der Waals surface area contributed by atoms with Gasteiger partial charge in [0.1, 0.15) is 0 Å². The van der Waals surface area contributed by atoms with E-state index in [1.54, 1.807) is 0 Å². The Bertz CT molecular complexity index is 398. The molecule has 0 aliphatic heterocycles. The highest BCUT2D eigenvalue weighted by molar-refractivity contribution is 5.27. The van der Waals surface area contributed by atoms with Crippen molar-refractivity contribution in [3.8, 4) is 0 Å². The summed E-state index contributed by atoms with van der Waals surface area (Å²) in [5.74, 6) is 0.734. The fraction of sp³-hybridized carbons (Fsp3) is 0.684. The molecule has 0 radical (unpaired) electrons. The summed E-state index contributed by atoms with van der Waals surface area (Å²) in [6, 6.07) is 9.89. The van der Waals surface area contributed by atoms with E-state index >= 15 is 0 Å². The highest BCUT2D eigenvalue weighted by Gasteiger charge is 2.37. The van der Waals surface area contributed by atoms with Gasteiger partial charge in [0.15, 0.2) is 0 Å². The van der Waals surface area contributed by atoms with Gasteiger partial charge in [-0.15, -0.1) is 0 Å². The summed E-state index contributed by atoms with van der Waals surface area (Å²) >= 11 is 0. The van der Waals surface area contributed by atoms with Crippen LogP contribution in [-0.4, -0.2) is 6.54 Å². The highest BCUT2D eigenvalue weighted by atomic mass is 14.9. The van der Waals surface area contributed by atoms with E-state index in [1.165, 1.54) is 43.2 Å². The molecule has 2 rings (SSSR count). The first kappa shape index (κ1) is 15.6. The molecule has 1 atom stereocenters. The lowest BCUT2D eigenvalue weighted by molar-refractivity contribution is 0.226. The molecule has 1 aromatic rings. The van der Waals surface area contributed by atoms with Crippen molar-refractivity contribution < 1.29 is 0 Å². The van der Waals surface area contributed by atoms with Gasteiger partial charge >= 0.3 is 0 Å². The molecule has 0 aromatic heterocycles. The molecule has 0 spiro atoms. The van der Waals surface area contributed by atoms with Crippen molar-refractivity contribution in [1.29, 1.82) is 0 Å². The minimum Gasteiger partial charge on any atom is -0.310 e. The molecule has 112 valence electrons. The van der Waals surface area contributed by atoms with Crippen molar-refractivity contribution in [3.63, 3.8) is 0 Å². The average Bonchev–Trinajstić information content (AvgIpc) is 2.84. The van der Waals surface area contributed by atoms with Crippen LogP contribution >= 0.6 is 0 Å². The van der Waals surface area contributed by atoms with E-state index in [2.05, 4.69) is 57.3 Å². The molecule has 0 amide bonds. The number of nitrogens with one attached hydrogen (secondary N) is 1. The zero-order valence-electron chi connectivity index (χ0n) is 13.7. The van der Waals surface area contributed by atoms with Gasteiger partial charge in [0, 0.05) is 6.04 Å². The number of rotatable bonds is 6. The van der Waals surface area contributed by atoms with Gasteiger partial charge < -0.3 is 5.32 Å². The topological polar surface area (TPSA) is 12.0 Å². The molecule has 1 aromatic carbocycles. The molecule has 20 heavy (non-hydrogen) atoms. The molecule has 1 nitrogen and oxygen atoms in total. The van der Waals surface area contributed by atoms with Crippen molar-refractivity contribution in [2.75, 3.05) is 6.54 Å². The van der Waals surface area contributed by atoms with E-state index in [1.807, 2.05) is 0 Å². The second kappa shape index (κ2) is 6.76. The smallest absolute Gasteiger partial charge is 0.0374 e. The van der Waals surface area contributed by atoms with Crippen LogP contribution in [0, 0.1) is 11.3 Å². The lowest BCUT2D eigenvalue weighted by atomic mass is 9.77. The van der Waals surface area contributed by atoms with E-state index in [4.69, 9.17) is 0 Å². The third-order valence-electron chi connectivity index (χ3n) is 4.81. The molecule has 1 aliphatic carbocycles. The molecule has 0 bridgehead atoms. The Labute approximate surface area is 125 Å². The summed E-state index contributed by atoms with van der Waals surface area (Å²) < 4.78 is 0. The first-order chi connectivity index (χ1) is 9.55. The fourth-order valence-corrected chi connectivity index (χ4v) is 3.76. The van der Waals surface area contributed by atoms with Gasteiger partial charge in [-0.2, -0.15) is 0 Å². The summed E-state index contributed by atoms with van der Waals surface area (Å²) in [7, 11) is 0. The Morgan fingerprint density at radius 2 is 1.70 bits per heavy atom. The van der Waals surface area contributed by atoms with Crippen LogP contribution in [0.5, 0.6) is 0 Å². The zero-order valence-corrected chi connectivity index (χ0v) is 13.7. The van der Waals surface area contributed by atoms with E-state index in [9.17, 15) is 0 Å². The predicted molar refractivity (Wildman–Crippen MR) is 88.0 cm³/mol. The molecule has 1 heteroatoms. The standard InChI is InChI=1S/C19H31N/c1-5-20-18(19(4)12-6-7-13-19)17-10-8-16(9-11-17)14-15(2)3/h8-11,15,18,20H,5-7,12-14H2,1-4H3. The normalized spacial score (nSPS) is 19.4. The maximum absolute atomic E-state index is 3.74. The molecule has 0 saturated heterocycles. The molecule has 1 aliphatic rings. The zero-order chi connectivity index (χ0) is 14.6. The van der Waals surface area contributed by atoms with Crippen molar-refractivity contribution in [1.82, 2.24) is 5.32 Å². The van der Waals surface area contributed by atoms with Gasteiger partial charge in [-0.25, -0.2) is 0 Å². The Morgan fingerprint density at radius 3 is 2.20 bits per heavy atom. The van der Waals surface area contributed by atoms with Crippen LogP contribution in [0.4, 0.5) is 0 Å². The lowest BCUT2D eigenvalue weighted by Crippen LogP contribution is -2.34.